The van der Waals surface area contributed by atoms with Crippen LogP contribution in [0, 0.1) is 17.0 Å². The Kier molecular flexibility index (Phi) is 7.11. The number of rotatable bonds is 5. The molecule has 4 rings (SSSR count). The maximum absolute atomic E-state index is 12.7. The number of carbonyl (C=O) groups is 3. The Morgan fingerprint density at radius 2 is 1.72 bits per heavy atom. The number of nitrogens with zero attached hydrogens (tertiary/aromatic N) is 2. The van der Waals surface area contributed by atoms with E-state index in [1.54, 1.807) is 37.3 Å². The Morgan fingerprint density at radius 3 is 2.44 bits per heavy atom. The van der Waals surface area contributed by atoms with E-state index in [9.17, 15) is 24.5 Å². The van der Waals surface area contributed by atoms with Crippen LogP contribution in [0.3, 0.4) is 0 Å². The van der Waals surface area contributed by atoms with Crippen LogP contribution in [-0.2, 0) is 6.42 Å². The number of halogens is 1. The fourth-order valence-electron chi connectivity index (χ4n) is 3.81. The molecule has 0 aliphatic heterocycles. The summed E-state index contributed by atoms with van der Waals surface area (Å²) in [5, 5.41) is 15.2. The minimum absolute atomic E-state index is 0.0163. The van der Waals surface area contributed by atoms with Crippen LogP contribution in [0.5, 0.6) is 0 Å². The number of nitrogens with one attached hydrogen (secondary N) is 3. The van der Waals surface area contributed by atoms with Gasteiger partial charge in [-0.15, -0.1) is 0 Å². The molecule has 0 bridgehead atoms. The molecule has 3 amide bonds. The van der Waals surface area contributed by atoms with E-state index in [0.29, 0.717) is 47.4 Å². The molecule has 0 atom stereocenters. The molecule has 1 aliphatic rings. The van der Waals surface area contributed by atoms with Crippen molar-refractivity contribution in [2.45, 2.75) is 26.2 Å². The van der Waals surface area contributed by atoms with Crippen molar-refractivity contribution in [2.24, 2.45) is 5.10 Å². The lowest BCUT2D eigenvalue weighted by molar-refractivity contribution is -0.384. The number of nitro benzene ring substituents is 1. The summed E-state index contributed by atoms with van der Waals surface area (Å²) in [5.74, 6) is -1.22. The van der Waals surface area contributed by atoms with Gasteiger partial charge in [0, 0.05) is 34.7 Å². The normalized spacial score (nSPS) is 13.6. The van der Waals surface area contributed by atoms with Crippen molar-refractivity contribution in [1.29, 1.82) is 0 Å². The summed E-state index contributed by atoms with van der Waals surface area (Å²) in [6.45, 7) is 1.68. The first-order valence-electron chi connectivity index (χ1n) is 10.9. The minimum Gasteiger partial charge on any atom is -0.455 e. The zero-order valence-electron chi connectivity index (χ0n) is 19.0. The first-order valence-corrected chi connectivity index (χ1v) is 11.2. The fraction of sp³-hybridized carbons (Fsp3) is 0.167. The summed E-state index contributed by atoms with van der Waals surface area (Å²) in [4.78, 5) is 47.8. The largest absolute Gasteiger partial charge is 0.455 e. The SMILES string of the molecule is Cc1c(C(=O)NNC(=O)c2ccccc2)oc2c1/C(=N/NC(=O)c1ccc(Cl)c([N+](=O)[O-])c1)CCC2. The number of carbonyl (C=O) groups excluding carboxylic acids is 3. The van der Waals surface area contributed by atoms with Gasteiger partial charge in [0.2, 0.25) is 0 Å². The fourth-order valence-corrected chi connectivity index (χ4v) is 3.99. The highest BCUT2D eigenvalue weighted by atomic mass is 35.5. The van der Waals surface area contributed by atoms with Gasteiger partial charge in [-0.3, -0.25) is 35.3 Å². The lowest BCUT2D eigenvalue weighted by atomic mass is 9.93. The van der Waals surface area contributed by atoms with E-state index in [-0.39, 0.29) is 16.3 Å². The van der Waals surface area contributed by atoms with E-state index < -0.39 is 28.3 Å². The maximum atomic E-state index is 12.7. The van der Waals surface area contributed by atoms with Crippen molar-refractivity contribution in [3.8, 4) is 0 Å². The van der Waals surface area contributed by atoms with Crippen LogP contribution in [0.2, 0.25) is 5.02 Å². The molecule has 1 aromatic heterocycles. The molecule has 0 unspecified atom stereocenters. The maximum Gasteiger partial charge on any atom is 0.305 e. The molecule has 36 heavy (non-hydrogen) atoms. The third kappa shape index (κ3) is 5.10. The second-order valence-electron chi connectivity index (χ2n) is 7.90. The summed E-state index contributed by atoms with van der Waals surface area (Å²) in [7, 11) is 0. The van der Waals surface area contributed by atoms with Crippen LogP contribution in [0.25, 0.3) is 0 Å². The number of amides is 3. The second-order valence-corrected chi connectivity index (χ2v) is 8.31. The van der Waals surface area contributed by atoms with Gasteiger partial charge in [0.15, 0.2) is 5.76 Å². The molecule has 1 heterocycles. The molecule has 11 nitrogen and oxygen atoms in total. The summed E-state index contributed by atoms with van der Waals surface area (Å²) in [5.41, 5.74) is 8.71. The van der Waals surface area contributed by atoms with E-state index in [2.05, 4.69) is 21.4 Å². The standard InChI is InChI=1S/C24H20ClN5O6/c1-13-20-17(26-27-23(32)15-10-11-16(25)18(12-15)30(34)35)8-5-9-19(20)36-21(13)24(33)29-28-22(31)14-6-3-2-4-7-14/h2-4,6-7,10-12H,5,8-9H2,1H3,(H,27,32)(H,28,31)(H,29,33)/b26-17+. The highest BCUT2D eigenvalue weighted by molar-refractivity contribution is 6.32. The number of aryl methyl sites for hydroxylation is 1. The van der Waals surface area contributed by atoms with Gasteiger partial charge in [-0.05, 0) is 44.0 Å². The molecular weight excluding hydrogens is 490 g/mol. The van der Waals surface area contributed by atoms with Crippen LogP contribution >= 0.6 is 11.6 Å². The molecule has 12 heteroatoms. The van der Waals surface area contributed by atoms with Crippen molar-refractivity contribution in [2.75, 3.05) is 0 Å². The highest BCUT2D eigenvalue weighted by Gasteiger charge is 2.28. The van der Waals surface area contributed by atoms with Crippen molar-refractivity contribution in [3.05, 3.63) is 97.4 Å². The highest BCUT2D eigenvalue weighted by Crippen LogP contribution is 2.30. The minimum atomic E-state index is -0.678. The number of hydrogen-bond acceptors (Lipinski definition) is 7. The molecule has 3 aromatic rings. The summed E-state index contributed by atoms with van der Waals surface area (Å²) in [6, 6.07) is 12.1. The van der Waals surface area contributed by atoms with E-state index in [0.717, 1.165) is 6.07 Å². The number of hydrazone groups is 1. The zero-order valence-corrected chi connectivity index (χ0v) is 19.7. The predicted molar refractivity (Wildman–Crippen MR) is 130 cm³/mol. The molecule has 1 aliphatic carbocycles. The molecule has 0 saturated carbocycles. The van der Waals surface area contributed by atoms with Crippen molar-refractivity contribution in [1.82, 2.24) is 16.3 Å². The molecule has 0 radical (unpaired) electrons. The summed E-state index contributed by atoms with van der Waals surface area (Å²) in [6.07, 6.45) is 1.75. The Balaban J connectivity index is 1.49. The smallest absolute Gasteiger partial charge is 0.305 e. The van der Waals surface area contributed by atoms with Gasteiger partial charge in [-0.2, -0.15) is 5.10 Å². The Bertz CT molecular complexity index is 1400. The number of furan rings is 1. The topological polar surface area (TPSA) is 156 Å². The first-order chi connectivity index (χ1) is 17.3. The molecule has 0 spiro atoms. The zero-order chi connectivity index (χ0) is 25.8. The third-order valence-electron chi connectivity index (χ3n) is 5.55. The average Bonchev–Trinajstić information content (AvgIpc) is 3.23. The van der Waals surface area contributed by atoms with Crippen molar-refractivity contribution < 1.29 is 23.7 Å². The van der Waals surface area contributed by atoms with Crippen LogP contribution in [0.15, 0.2) is 58.0 Å². The lowest BCUT2D eigenvalue weighted by Crippen LogP contribution is -2.41. The predicted octanol–water partition coefficient (Wildman–Crippen LogP) is 3.69. The van der Waals surface area contributed by atoms with Crippen LogP contribution < -0.4 is 16.3 Å². The number of hydrazine groups is 1. The van der Waals surface area contributed by atoms with E-state index in [1.807, 2.05) is 0 Å². The average molecular weight is 510 g/mol. The van der Waals surface area contributed by atoms with E-state index in [4.69, 9.17) is 16.0 Å². The third-order valence-corrected chi connectivity index (χ3v) is 5.87. The van der Waals surface area contributed by atoms with E-state index in [1.165, 1.54) is 12.1 Å². The molecule has 184 valence electrons. The number of benzene rings is 2. The number of nitro groups is 1. The van der Waals surface area contributed by atoms with Gasteiger partial charge in [-0.1, -0.05) is 29.8 Å². The molecule has 2 aromatic carbocycles. The van der Waals surface area contributed by atoms with Crippen LogP contribution in [-0.4, -0.2) is 28.4 Å². The molecule has 3 N–H and O–H groups in total. The number of fused-ring (bicyclic) bond motifs is 1. The monoisotopic (exact) mass is 509 g/mol. The second kappa shape index (κ2) is 10.4. The summed E-state index contributed by atoms with van der Waals surface area (Å²) < 4.78 is 5.77. The van der Waals surface area contributed by atoms with Crippen LogP contribution in [0.1, 0.15) is 61.0 Å². The van der Waals surface area contributed by atoms with Gasteiger partial charge in [-0.25, -0.2) is 5.43 Å². The Morgan fingerprint density at radius 1 is 1.00 bits per heavy atom. The molecular formula is C24H20ClN5O6. The lowest BCUT2D eigenvalue weighted by Gasteiger charge is -2.13. The quantitative estimate of drug-likeness (QED) is 0.351. The molecule has 0 saturated heterocycles. The van der Waals surface area contributed by atoms with Crippen molar-refractivity contribution in [3.63, 3.8) is 0 Å². The van der Waals surface area contributed by atoms with Gasteiger partial charge < -0.3 is 4.42 Å². The van der Waals surface area contributed by atoms with Gasteiger partial charge in [0.05, 0.1) is 10.6 Å². The molecule has 0 fully saturated rings. The Hall–Kier alpha value is -4.51. The van der Waals surface area contributed by atoms with Gasteiger partial charge in [0.25, 0.3) is 17.5 Å². The van der Waals surface area contributed by atoms with Crippen molar-refractivity contribution >= 4 is 40.7 Å². The first kappa shape index (κ1) is 24.6. The number of hydrogen-bond donors (Lipinski definition) is 3. The van der Waals surface area contributed by atoms with Gasteiger partial charge in [0.1, 0.15) is 10.8 Å². The van der Waals surface area contributed by atoms with E-state index >= 15 is 0 Å². The van der Waals surface area contributed by atoms with Gasteiger partial charge >= 0.3 is 5.91 Å². The van der Waals surface area contributed by atoms with Crippen LogP contribution in [0.4, 0.5) is 5.69 Å². The summed E-state index contributed by atoms with van der Waals surface area (Å²) >= 11 is 5.80. The Labute approximate surface area is 209 Å².